The minimum Gasteiger partial charge on any atom is -0.368 e. The smallest absolute Gasteiger partial charge is 0.280 e. The maximum absolute atomic E-state index is 14.3. The Morgan fingerprint density at radius 1 is 1.31 bits per heavy atom. The van der Waals surface area contributed by atoms with Gasteiger partial charge in [0.1, 0.15) is 23.0 Å². The standard InChI is InChI=1S/C22H23FN7OS/c23-15-3-1-9-25-19(15)22(7-2-8-22)13-26-18-5-4-16(29-30-18)17-12-32-21(28-17)20(31)27-14-6-10-24-11-14/h1,3-5,9,14,24H,2,6-8,10-11,13H2,(H,26,30)(H,27,31)/t14-/m1/s1. The lowest BCUT2D eigenvalue weighted by molar-refractivity contribution is 0.0939. The summed E-state index contributed by atoms with van der Waals surface area (Å²) >= 11 is 1.17. The summed E-state index contributed by atoms with van der Waals surface area (Å²) in [4.78, 5) is 21.0. The number of pyridine rings is 1. The molecule has 10 heteroatoms. The number of nitrogens with zero attached hydrogens (tertiary/aromatic N) is 4. The average Bonchev–Trinajstić information content (AvgIpc) is 3.47. The Hall–Kier alpha value is -2.98. The second-order valence-electron chi connectivity index (χ2n) is 8.26. The van der Waals surface area contributed by atoms with E-state index >= 15 is 0 Å². The summed E-state index contributed by atoms with van der Waals surface area (Å²) in [6.07, 6.45) is 5.37. The molecule has 1 amide bonds. The number of aromatic nitrogens is 4. The third-order valence-electron chi connectivity index (χ3n) is 6.13. The van der Waals surface area contributed by atoms with Gasteiger partial charge in [-0.2, -0.15) is 0 Å². The summed E-state index contributed by atoms with van der Waals surface area (Å²) in [6.45, 7) is 2.23. The topological polar surface area (TPSA) is 105 Å². The third kappa shape index (κ3) is 4.20. The van der Waals surface area contributed by atoms with Crippen LogP contribution in [0.15, 0.2) is 30.5 Å². The Morgan fingerprint density at radius 3 is 2.91 bits per heavy atom. The fraction of sp³-hybridized carbons (Fsp3) is 0.409. The van der Waals surface area contributed by atoms with Crippen molar-refractivity contribution in [3.05, 3.63) is 52.4 Å². The normalized spacial score (nSPS) is 19.3. The van der Waals surface area contributed by atoms with Crippen molar-refractivity contribution >= 4 is 23.1 Å². The Bertz CT molecular complexity index is 1090. The van der Waals surface area contributed by atoms with E-state index in [0.717, 1.165) is 38.8 Å². The molecule has 2 fully saturated rings. The quantitative estimate of drug-likeness (QED) is 0.506. The van der Waals surface area contributed by atoms with Crippen LogP contribution in [-0.2, 0) is 5.41 Å². The number of carbonyl (C=O) groups is 1. The van der Waals surface area contributed by atoms with E-state index in [0.29, 0.717) is 34.5 Å². The predicted molar refractivity (Wildman–Crippen MR) is 119 cm³/mol. The van der Waals surface area contributed by atoms with Crippen LogP contribution in [-0.4, -0.2) is 51.7 Å². The monoisotopic (exact) mass is 452 g/mol. The molecule has 0 unspecified atom stereocenters. The van der Waals surface area contributed by atoms with Crippen molar-refractivity contribution in [3.63, 3.8) is 0 Å². The maximum atomic E-state index is 14.3. The number of hydrogen-bond donors (Lipinski definition) is 3. The highest BCUT2D eigenvalue weighted by atomic mass is 32.1. The molecule has 4 heterocycles. The minimum absolute atomic E-state index is 0.138. The zero-order chi connectivity index (χ0) is 22.0. The van der Waals surface area contributed by atoms with Gasteiger partial charge >= 0.3 is 0 Å². The SMILES string of the molecule is O=C(N[C@@H]1CCNC1)c1nc(-c2ccc(NCC3(c4ncccc4F)CCC3)nn2)[c]s1. The van der Waals surface area contributed by atoms with Gasteiger partial charge in [0, 0.05) is 30.7 Å². The lowest BCUT2D eigenvalue weighted by Crippen LogP contribution is -2.42. The van der Waals surface area contributed by atoms with Crippen LogP contribution in [0.3, 0.4) is 0 Å². The van der Waals surface area contributed by atoms with Gasteiger partial charge in [-0.25, -0.2) is 9.37 Å². The Labute approximate surface area is 189 Å². The van der Waals surface area contributed by atoms with Gasteiger partial charge in [-0.15, -0.1) is 21.5 Å². The second-order valence-corrected chi connectivity index (χ2v) is 9.05. The molecule has 3 aromatic rings. The maximum Gasteiger partial charge on any atom is 0.280 e. The molecule has 1 radical (unpaired) electrons. The molecule has 5 rings (SSSR count). The Kier molecular flexibility index (Phi) is 5.79. The van der Waals surface area contributed by atoms with Crippen LogP contribution in [0.1, 0.15) is 41.2 Å². The van der Waals surface area contributed by atoms with Gasteiger partial charge < -0.3 is 16.0 Å². The number of anilines is 1. The van der Waals surface area contributed by atoms with Gasteiger partial charge in [0.2, 0.25) is 0 Å². The zero-order valence-electron chi connectivity index (χ0n) is 17.4. The Morgan fingerprint density at radius 2 is 2.22 bits per heavy atom. The summed E-state index contributed by atoms with van der Waals surface area (Å²) in [5, 5.41) is 21.3. The number of rotatable bonds is 7. The highest BCUT2D eigenvalue weighted by Crippen LogP contribution is 2.43. The third-order valence-corrected chi connectivity index (χ3v) is 6.90. The van der Waals surface area contributed by atoms with Crippen molar-refractivity contribution in [3.8, 4) is 11.4 Å². The van der Waals surface area contributed by atoms with E-state index in [1.54, 1.807) is 24.4 Å². The first kappa shape index (κ1) is 20.9. The molecule has 1 aliphatic carbocycles. The lowest BCUT2D eigenvalue weighted by atomic mass is 9.66. The van der Waals surface area contributed by atoms with E-state index in [2.05, 4.69) is 41.5 Å². The van der Waals surface area contributed by atoms with Crippen LogP contribution < -0.4 is 16.0 Å². The zero-order valence-corrected chi connectivity index (χ0v) is 18.2. The van der Waals surface area contributed by atoms with Crippen LogP contribution in [0.4, 0.5) is 10.2 Å². The molecule has 0 aromatic carbocycles. The van der Waals surface area contributed by atoms with Crippen molar-refractivity contribution in [2.24, 2.45) is 0 Å². The second kappa shape index (κ2) is 8.87. The summed E-state index contributed by atoms with van der Waals surface area (Å²) in [7, 11) is 0. The molecule has 8 nitrogen and oxygen atoms in total. The molecule has 32 heavy (non-hydrogen) atoms. The van der Waals surface area contributed by atoms with Gasteiger partial charge in [0.25, 0.3) is 5.91 Å². The average molecular weight is 453 g/mol. The van der Waals surface area contributed by atoms with Crippen LogP contribution in [0.2, 0.25) is 0 Å². The van der Waals surface area contributed by atoms with Crippen LogP contribution in [0.5, 0.6) is 0 Å². The van der Waals surface area contributed by atoms with Gasteiger partial charge in [-0.3, -0.25) is 9.78 Å². The molecule has 165 valence electrons. The molecule has 3 N–H and O–H groups in total. The largest absolute Gasteiger partial charge is 0.368 e. The highest BCUT2D eigenvalue weighted by molar-refractivity contribution is 7.11. The first-order valence-corrected chi connectivity index (χ1v) is 11.5. The van der Waals surface area contributed by atoms with E-state index in [1.165, 1.54) is 17.4 Å². The van der Waals surface area contributed by atoms with Gasteiger partial charge in [-0.05, 0) is 50.1 Å². The highest BCUT2D eigenvalue weighted by Gasteiger charge is 2.41. The predicted octanol–water partition coefficient (Wildman–Crippen LogP) is 2.56. The molecule has 1 saturated heterocycles. The number of nitrogens with one attached hydrogen (secondary N) is 3. The number of amides is 1. The lowest BCUT2D eigenvalue weighted by Gasteiger charge is -2.41. The number of halogens is 1. The fourth-order valence-corrected chi connectivity index (χ4v) is 4.80. The summed E-state index contributed by atoms with van der Waals surface area (Å²) < 4.78 is 14.3. The molecule has 1 atom stereocenters. The van der Waals surface area contributed by atoms with E-state index in [-0.39, 0.29) is 23.2 Å². The summed E-state index contributed by atoms with van der Waals surface area (Å²) in [6, 6.07) is 6.80. The van der Waals surface area contributed by atoms with E-state index in [4.69, 9.17) is 0 Å². The van der Waals surface area contributed by atoms with Crippen molar-refractivity contribution < 1.29 is 9.18 Å². The number of thiazole rings is 1. The van der Waals surface area contributed by atoms with Gasteiger partial charge in [0.05, 0.1) is 11.1 Å². The number of carbonyl (C=O) groups excluding carboxylic acids is 1. The fourth-order valence-electron chi connectivity index (χ4n) is 4.16. The van der Waals surface area contributed by atoms with Gasteiger partial charge in [0.15, 0.2) is 5.01 Å². The molecule has 2 aliphatic rings. The van der Waals surface area contributed by atoms with Crippen molar-refractivity contribution in [2.75, 3.05) is 25.0 Å². The van der Waals surface area contributed by atoms with Gasteiger partial charge in [-0.1, -0.05) is 6.42 Å². The van der Waals surface area contributed by atoms with Crippen LogP contribution >= 0.6 is 11.3 Å². The molecule has 1 aliphatic heterocycles. The van der Waals surface area contributed by atoms with Crippen LogP contribution in [0, 0.1) is 11.2 Å². The van der Waals surface area contributed by atoms with Crippen molar-refractivity contribution in [1.29, 1.82) is 0 Å². The van der Waals surface area contributed by atoms with E-state index < -0.39 is 0 Å². The van der Waals surface area contributed by atoms with Crippen LogP contribution in [0.25, 0.3) is 11.4 Å². The molecule has 0 bridgehead atoms. The minimum atomic E-state index is -0.314. The molecular weight excluding hydrogens is 429 g/mol. The first-order chi connectivity index (χ1) is 15.6. The van der Waals surface area contributed by atoms with E-state index in [1.807, 2.05) is 0 Å². The molecule has 3 aromatic heterocycles. The molecular formula is C22H23FN7OS. The first-order valence-electron chi connectivity index (χ1n) is 10.7. The summed E-state index contributed by atoms with van der Waals surface area (Å²) in [5.74, 6) is 0.141. The Balaban J connectivity index is 1.22. The van der Waals surface area contributed by atoms with E-state index in [9.17, 15) is 9.18 Å². The molecule has 0 spiro atoms. The summed E-state index contributed by atoms with van der Waals surface area (Å²) in [5.41, 5.74) is 1.24. The molecule has 1 saturated carbocycles. The van der Waals surface area contributed by atoms with Crippen molar-refractivity contribution in [2.45, 2.75) is 37.1 Å². The van der Waals surface area contributed by atoms with Crippen molar-refractivity contribution in [1.82, 2.24) is 30.8 Å². The number of hydrogen-bond acceptors (Lipinski definition) is 8.